The van der Waals surface area contributed by atoms with Crippen LogP contribution in [0.15, 0.2) is 6.33 Å². The van der Waals surface area contributed by atoms with E-state index in [0.29, 0.717) is 0 Å². The van der Waals surface area contributed by atoms with Crippen molar-refractivity contribution in [2.45, 2.75) is 64.8 Å². The van der Waals surface area contributed by atoms with Crippen LogP contribution in [0.2, 0.25) is 0 Å². The first-order chi connectivity index (χ1) is 8.79. The zero-order valence-corrected chi connectivity index (χ0v) is 11.2. The van der Waals surface area contributed by atoms with Gasteiger partial charge in [-0.2, -0.15) is 10.4 Å². The van der Waals surface area contributed by atoms with Gasteiger partial charge in [-0.1, -0.05) is 32.1 Å². The number of nitrogens with zero attached hydrogens (tertiary/aromatic N) is 4. The molecule has 0 radical (unpaired) electrons. The van der Waals surface area contributed by atoms with E-state index < -0.39 is 0 Å². The van der Waals surface area contributed by atoms with Crippen LogP contribution in [0.1, 0.15) is 57.7 Å². The predicted molar refractivity (Wildman–Crippen MR) is 69.8 cm³/mol. The Hall–Kier alpha value is -1.37. The van der Waals surface area contributed by atoms with Crippen molar-refractivity contribution < 1.29 is 0 Å². The summed E-state index contributed by atoms with van der Waals surface area (Å²) in [6.07, 6.45) is 10.6. The maximum Gasteiger partial charge on any atom is 0.138 e. The maximum atomic E-state index is 9.61. The lowest BCUT2D eigenvalue weighted by Gasteiger charge is -2.28. The summed E-state index contributed by atoms with van der Waals surface area (Å²) in [6, 6.07) is 2.59. The lowest BCUT2D eigenvalue weighted by Crippen LogP contribution is -2.25. The molecule has 1 aliphatic carbocycles. The van der Waals surface area contributed by atoms with Gasteiger partial charge in [-0.3, -0.25) is 4.68 Å². The van der Waals surface area contributed by atoms with Gasteiger partial charge in [0.25, 0.3) is 0 Å². The zero-order chi connectivity index (χ0) is 12.8. The molecule has 2 rings (SSSR count). The van der Waals surface area contributed by atoms with E-state index in [9.17, 15) is 5.26 Å². The van der Waals surface area contributed by atoms with Crippen LogP contribution < -0.4 is 0 Å². The Morgan fingerprint density at radius 3 is 2.56 bits per heavy atom. The molecule has 1 heterocycles. The second-order valence-corrected chi connectivity index (χ2v) is 5.33. The van der Waals surface area contributed by atoms with Crippen LogP contribution in [0.25, 0.3) is 0 Å². The van der Waals surface area contributed by atoms with Gasteiger partial charge in [0.1, 0.15) is 12.2 Å². The molecule has 1 aliphatic rings. The summed E-state index contributed by atoms with van der Waals surface area (Å²) >= 11 is 0. The molecule has 0 atom stereocenters. The normalized spacial score (nSPS) is 19.8. The molecule has 0 aromatic carbocycles. The number of aromatic nitrogens is 3. The summed E-state index contributed by atoms with van der Waals surface area (Å²) in [4.78, 5) is 4.33. The molecule has 0 unspecified atom stereocenters. The van der Waals surface area contributed by atoms with Gasteiger partial charge in [0.2, 0.25) is 0 Å². The number of rotatable bonds is 3. The van der Waals surface area contributed by atoms with Crippen molar-refractivity contribution in [2.24, 2.45) is 5.41 Å². The van der Waals surface area contributed by atoms with Crippen LogP contribution in [-0.2, 0) is 13.0 Å². The van der Waals surface area contributed by atoms with Gasteiger partial charge in [0, 0.05) is 13.0 Å². The molecule has 1 fully saturated rings. The summed E-state index contributed by atoms with van der Waals surface area (Å²) < 4.78 is 1.91. The van der Waals surface area contributed by atoms with E-state index in [1.807, 2.05) is 4.68 Å². The number of hydrogen-bond donors (Lipinski definition) is 0. The van der Waals surface area contributed by atoms with Gasteiger partial charge in [-0.15, -0.1) is 0 Å². The second-order valence-electron chi connectivity index (χ2n) is 5.33. The fourth-order valence-electron chi connectivity index (χ4n) is 2.90. The topological polar surface area (TPSA) is 54.5 Å². The van der Waals surface area contributed by atoms with Crippen molar-refractivity contribution >= 4 is 0 Å². The highest BCUT2D eigenvalue weighted by Gasteiger charge is 2.32. The average Bonchev–Trinajstić information content (AvgIpc) is 2.80. The fourth-order valence-corrected chi connectivity index (χ4v) is 2.90. The molecule has 0 bridgehead atoms. The molecule has 1 saturated carbocycles. The lowest BCUT2D eigenvalue weighted by atomic mass is 9.75. The van der Waals surface area contributed by atoms with E-state index in [4.69, 9.17) is 0 Å². The molecular weight excluding hydrogens is 224 g/mol. The molecule has 0 spiro atoms. The first-order valence-corrected chi connectivity index (χ1v) is 7.07. The highest BCUT2D eigenvalue weighted by atomic mass is 15.3. The summed E-state index contributed by atoms with van der Waals surface area (Å²) in [5.41, 5.74) is -0.208. The van der Waals surface area contributed by atoms with Gasteiger partial charge < -0.3 is 0 Å². The Kier molecular flexibility index (Phi) is 4.35. The highest BCUT2D eigenvalue weighted by Crippen LogP contribution is 2.36. The fraction of sp³-hybridized carbons (Fsp3) is 0.786. The Balaban J connectivity index is 2.13. The van der Waals surface area contributed by atoms with Gasteiger partial charge >= 0.3 is 0 Å². The van der Waals surface area contributed by atoms with Gasteiger partial charge in [-0.05, 0) is 19.8 Å². The summed E-state index contributed by atoms with van der Waals surface area (Å²) in [5, 5.41) is 13.8. The van der Waals surface area contributed by atoms with E-state index in [-0.39, 0.29) is 5.41 Å². The molecule has 4 nitrogen and oxygen atoms in total. The third-order valence-corrected chi connectivity index (χ3v) is 4.04. The largest absolute Gasteiger partial charge is 0.250 e. The van der Waals surface area contributed by atoms with E-state index in [1.165, 1.54) is 32.1 Å². The number of hydrogen-bond acceptors (Lipinski definition) is 3. The van der Waals surface area contributed by atoms with Gasteiger partial charge in [-0.25, -0.2) is 4.98 Å². The van der Waals surface area contributed by atoms with Gasteiger partial charge in [0.15, 0.2) is 0 Å². The van der Waals surface area contributed by atoms with Crippen molar-refractivity contribution in [1.82, 2.24) is 14.8 Å². The van der Waals surface area contributed by atoms with Crippen LogP contribution in [0.4, 0.5) is 0 Å². The second kappa shape index (κ2) is 5.99. The Bertz CT molecular complexity index is 408. The molecule has 18 heavy (non-hydrogen) atoms. The van der Waals surface area contributed by atoms with E-state index in [1.54, 1.807) is 6.33 Å². The minimum Gasteiger partial charge on any atom is -0.250 e. The lowest BCUT2D eigenvalue weighted by molar-refractivity contribution is 0.278. The third-order valence-electron chi connectivity index (χ3n) is 4.04. The van der Waals surface area contributed by atoms with Crippen LogP contribution >= 0.6 is 0 Å². The zero-order valence-electron chi connectivity index (χ0n) is 11.2. The monoisotopic (exact) mass is 246 g/mol. The summed E-state index contributed by atoms with van der Waals surface area (Å²) in [6.45, 7) is 2.90. The standard InChI is InChI=1S/C14H22N4/c1-2-18-13(16-12-17-18)10-14(11-15)8-6-4-3-5-7-9-14/h12H,2-10H2,1H3. The summed E-state index contributed by atoms with van der Waals surface area (Å²) in [5.74, 6) is 0.972. The molecule has 0 aliphatic heterocycles. The third kappa shape index (κ3) is 2.90. The van der Waals surface area contributed by atoms with Crippen molar-refractivity contribution in [2.75, 3.05) is 0 Å². The molecule has 1 aromatic heterocycles. The van der Waals surface area contributed by atoms with E-state index in [0.717, 1.165) is 31.6 Å². The van der Waals surface area contributed by atoms with Crippen molar-refractivity contribution in [3.63, 3.8) is 0 Å². The van der Waals surface area contributed by atoms with Crippen LogP contribution in [-0.4, -0.2) is 14.8 Å². The van der Waals surface area contributed by atoms with Crippen molar-refractivity contribution in [3.8, 4) is 6.07 Å². The van der Waals surface area contributed by atoms with E-state index >= 15 is 0 Å². The van der Waals surface area contributed by atoms with Crippen LogP contribution in [0, 0.1) is 16.7 Å². The first-order valence-electron chi connectivity index (χ1n) is 7.07. The van der Waals surface area contributed by atoms with E-state index in [2.05, 4.69) is 23.1 Å². The SMILES string of the molecule is CCn1ncnc1CC1(C#N)CCCCCCC1. The average molecular weight is 246 g/mol. The predicted octanol–water partition coefficient (Wildman–Crippen LogP) is 3.09. The molecule has 0 amide bonds. The van der Waals surface area contributed by atoms with Crippen molar-refractivity contribution in [3.05, 3.63) is 12.2 Å². The smallest absolute Gasteiger partial charge is 0.138 e. The molecular formula is C14H22N4. The Morgan fingerprint density at radius 2 is 1.94 bits per heavy atom. The first kappa shape index (κ1) is 13.1. The quantitative estimate of drug-likeness (QED) is 0.823. The Morgan fingerprint density at radius 1 is 1.28 bits per heavy atom. The number of nitriles is 1. The van der Waals surface area contributed by atoms with Crippen LogP contribution in [0.3, 0.4) is 0 Å². The maximum absolute atomic E-state index is 9.61. The molecule has 0 saturated heterocycles. The van der Waals surface area contributed by atoms with Crippen molar-refractivity contribution in [1.29, 1.82) is 5.26 Å². The van der Waals surface area contributed by atoms with Gasteiger partial charge in [0.05, 0.1) is 11.5 Å². The Labute approximate surface area is 109 Å². The molecule has 98 valence electrons. The van der Waals surface area contributed by atoms with Crippen LogP contribution in [0.5, 0.6) is 0 Å². The summed E-state index contributed by atoms with van der Waals surface area (Å²) in [7, 11) is 0. The molecule has 1 aromatic rings. The minimum atomic E-state index is -0.208. The minimum absolute atomic E-state index is 0.208. The number of aryl methyl sites for hydroxylation is 1. The highest BCUT2D eigenvalue weighted by molar-refractivity contribution is 5.05. The molecule has 0 N–H and O–H groups in total. The molecule has 4 heteroatoms.